The van der Waals surface area contributed by atoms with Crippen molar-refractivity contribution in [1.82, 2.24) is 18.9 Å². The van der Waals surface area contributed by atoms with Gasteiger partial charge in [-0.05, 0) is 35.7 Å². The van der Waals surface area contributed by atoms with E-state index in [0.29, 0.717) is 11.5 Å². The predicted molar refractivity (Wildman–Crippen MR) is 179 cm³/mol. The summed E-state index contributed by atoms with van der Waals surface area (Å²) in [5.41, 5.74) is 4.85. The molecule has 214 valence electrons. The molecule has 0 radical (unpaired) electrons. The van der Waals surface area contributed by atoms with Crippen molar-refractivity contribution in [3.05, 3.63) is 134 Å². The molecule has 0 aliphatic heterocycles. The van der Waals surface area contributed by atoms with Crippen LogP contribution in [0.2, 0.25) is 0 Å². The molecule has 0 fully saturated rings. The number of benzene rings is 5. The van der Waals surface area contributed by atoms with Crippen LogP contribution >= 0.6 is 11.3 Å². The Kier molecular flexibility index (Phi) is 5.86. The number of para-hydroxylation sites is 1. The Bertz CT molecular complexity index is 2720. The van der Waals surface area contributed by atoms with Crippen LogP contribution in [0.4, 0.5) is 0 Å². The molecule has 45 heavy (non-hydrogen) atoms. The van der Waals surface area contributed by atoms with Crippen LogP contribution in [0, 0.1) is 12.1 Å². The van der Waals surface area contributed by atoms with Crippen LogP contribution in [0.25, 0.3) is 75.1 Å². The first-order valence-electron chi connectivity index (χ1n) is 14.4. The third-order valence-corrected chi connectivity index (χ3v) is 9.61. The number of fused-ring (bicyclic) bond motifs is 13. The molecular weight excluding hydrogens is 756 g/mol. The van der Waals surface area contributed by atoms with Crippen molar-refractivity contribution in [3.8, 4) is 17.2 Å². The van der Waals surface area contributed by atoms with E-state index in [1.807, 2.05) is 66.3 Å². The fourth-order valence-electron chi connectivity index (χ4n) is 6.65. The van der Waals surface area contributed by atoms with Crippen molar-refractivity contribution in [2.45, 2.75) is 0 Å². The molecule has 10 rings (SSSR count). The van der Waals surface area contributed by atoms with Gasteiger partial charge in [0.25, 0.3) is 0 Å². The largest absolute Gasteiger partial charge is 2.00 e. The summed E-state index contributed by atoms with van der Waals surface area (Å²) in [6, 6.07) is 42.6. The van der Waals surface area contributed by atoms with Crippen LogP contribution in [0.3, 0.4) is 0 Å². The second-order valence-corrected chi connectivity index (χ2v) is 12.0. The monoisotopic (exact) mass is 775 g/mol. The molecule has 0 saturated carbocycles. The fraction of sp³-hybridized carbons (Fsp3) is 0. The molecule has 0 unspecified atom stereocenters. The zero-order chi connectivity index (χ0) is 28.8. The second-order valence-electron chi connectivity index (χ2n) is 10.9. The Hall–Kier alpha value is -5.03. The summed E-state index contributed by atoms with van der Waals surface area (Å²) < 4.78 is 13.3. The summed E-state index contributed by atoms with van der Waals surface area (Å²) in [5, 5.41) is 7.97. The molecule has 7 heteroatoms. The van der Waals surface area contributed by atoms with Crippen molar-refractivity contribution in [3.63, 3.8) is 0 Å². The van der Waals surface area contributed by atoms with E-state index in [-0.39, 0.29) is 21.1 Å². The molecule has 0 N–H and O–H groups in total. The molecule has 0 atom stereocenters. The van der Waals surface area contributed by atoms with Crippen molar-refractivity contribution < 1.29 is 25.8 Å². The van der Waals surface area contributed by atoms with Gasteiger partial charge < -0.3 is 13.7 Å². The number of pyridine rings is 2. The molecule has 10 aromatic rings. The van der Waals surface area contributed by atoms with Gasteiger partial charge in [-0.25, -0.2) is 4.98 Å². The number of nitrogens with zero attached hydrogens (tertiary/aromatic N) is 4. The van der Waals surface area contributed by atoms with Gasteiger partial charge in [0.2, 0.25) is 0 Å². The molecule has 5 aromatic heterocycles. The number of rotatable bonds is 3. The summed E-state index contributed by atoms with van der Waals surface area (Å²) in [6.07, 6.45) is 5.73. The maximum Gasteiger partial charge on any atom is 2.00 e. The van der Waals surface area contributed by atoms with Gasteiger partial charge in [0.1, 0.15) is 5.65 Å². The number of hydrogen-bond donors (Lipinski definition) is 0. The van der Waals surface area contributed by atoms with Crippen molar-refractivity contribution >= 4 is 80.8 Å². The maximum atomic E-state index is 6.42. The molecule has 5 heterocycles. The zero-order valence-electron chi connectivity index (χ0n) is 23.5. The number of hydrogen-bond acceptors (Lipinski definition) is 4. The van der Waals surface area contributed by atoms with Gasteiger partial charge in [0.15, 0.2) is 0 Å². The van der Waals surface area contributed by atoms with Gasteiger partial charge >= 0.3 is 21.1 Å². The van der Waals surface area contributed by atoms with Gasteiger partial charge in [-0.15, -0.1) is 41.7 Å². The normalized spacial score (nSPS) is 11.8. The molecular formula is C38H20N4OPtS. The number of thiophene rings is 1. The maximum absolute atomic E-state index is 6.42. The fourth-order valence-corrected chi connectivity index (χ4v) is 7.76. The van der Waals surface area contributed by atoms with E-state index >= 15 is 0 Å². The minimum absolute atomic E-state index is 0. The summed E-state index contributed by atoms with van der Waals surface area (Å²) in [5.74, 6) is 1.21. The predicted octanol–water partition coefficient (Wildman–Crippen LogP) is 9.89. The molecule has 0 aliphatic rings. The van der Waals surface area contributed by atoms with Crippen molar-refractivity contribution in [2.75, 3.05) is 0 Å². The molecule has 5 nitrogen and oxygen atoms in total. The number of aromatic nitrogens is 4. The van der Waals surface area contributed by atoms with Gasteiger partial charge in [-0.1, -0.05) is 65.0 Å². The molecule has 0 bridgehead atoms. The van der Waals surface area contributed by atoms with Crippen molar-refractivity contribution in [2.24, 2.45) is 0 Å². The van der Waals surface area contributed by atoms with E-state index in [1.54, 1.807) is 0 Å². The van der Waals surface area contributed by atoms with E-state index in [9.17, 15) is 0 Å². The molecule has 5 aromatic carbocycles. The number of imidazole rings is 1. The first-order chi connectivity index (χ1) is 21.8. The van der Waals surface area contributed by atoms with E-state index < -0.39 is 0 Å². The SMILES string of the molecule is [Pt+2].[c-]1c(Oc2[c-]c3c(cc2)c2ccc4sc5ccccc5c4c2n2ccnc32)cccc1-n1c2ccccc2c2cccnc21. The number of ether oxygens (including phenoxy) is 1. The summed E-state index contributed by atoms with van der Waals surface area (Å²) >= 11 is 1.83. The first kappa shape index (κ1) is 26.4. The standard InChI is InChI=1S/C38H20N4OS.Pt/c1-3-12-32-27(9-1)29-11-6-18-39-38(29)42(32)23-7-5-8-24(21-23)43-25-14-15-26-28-16-17-34-35(30-10-2-4-13-33(30)44-34)36(28)41-20-19-40-37(41)31(26)22-25;/h1-20H;/q-2;+2. The first-order valence-corrected chi connectivity index (χ1v) is 15.2. The zero-order valence-corrected chi connectivity index (χ0v) is 26.6. The van der Waals surface area contributed by atoms with E-state index in [1.165, 1.54) is 25.7 Å². The van der Waals surface area contributed by atoms with Gasteiger partial charge in [-0.3, -0.25) is 4.98 Å². The van der Waals surface area contributed by atoms with Crippen LogP contribution in [0.5, 0.6) is 11.5 Å². The van der Waals surface area contributed by atoms with Crippen LogP contribution in [0.15, 0.2) is 122 Å². The van der Waals surface area contributed by atoms with Crippen LogP contribution in [-0.2, 0) is 21.1 Å². The summed E-state index contributed by atoms with van der Waals surface area (Å²) in [4.78, 5) is 9.49. The topological polar surface area (TPSA) is 44.4 Å². The average molecular weight is 776 g/mol. The van der Waals surface area contributed by atoms with Crippen LogP contribution in [0.1, 0.15) is 0 Å². The third-order valence-electron chi connectivity index (χ3n) is 8.48. The smallest absolute Gasteiger partial charge is 0.503 e. The minimum Gasteiger partial charge on any atom is -0.503 e. The Labute approximate surface area is 275 Å². The quantitative estimate of drug-likeness (QED) is 0.133. The van der Waals surface area contributed by atoms with Crippen molar-refractivity contribution in [1.29, 1.82) is 0 Å². The molecule has 0 aliphatic carbocycles. The molecule has 0 spiro atoms. The third kappa shape index (κ3) is 3.83. The van der Waals surface area contributed by atoms with E-state index in [2.05, 4.69) is 87.8 Å². The van der Waals surface area contributed by atoms with E-state index in [4.69, 9.17) is 14.7 Å². The summed E-state index contributed by atoms with van der Waals surface area (Å²) in [7, 11) is 0. The Balaban J connectivity index is 0.00000281. The average Bonchev–Trinajstić information content (AvgIpc) is 3.79. The summed E-state index contributed by atoms with van der Waals surface area (Å²) in [6.45, 7) is 0. The Morgan fingerprint density at radius 1 is 0.600 bits per heavy atom. The Morgan fingerprint density at radius 2 is 1.40 bits per heavy atom. The molecule has 0 saturated heterocycles. The van der Waals surface area contributed by atoms with Gasteiger partial charge in [0.05, 0.1) is 11.2 Å². The van der Waals surface area contributed by atoms with E-state index in [0.717, 1.165) is 49.4 Å². The molecule has 0 amide bonds. The van der Waals surface area contributed by atoms with Gasteiger partial charge in [-0.2, -0.15) is 6.07 Å². The second kappa shape index (κ2) is 10.00. The van der Waals surface area contributed by atoms with Gasteiger partial charge in [0, 0.05) is 66.6 Å². The van der Waals surface area contributed by atoms with Crippen LogP contribution < -0.4 is 4.74 Å². The minimum atomic E-state index is 0. The van der Waals surface area contributed by atoms with Crippen LogP contribution in [-0.4, -0.2) is 18.9 Å². The Morgan fingerprint density at radius 3 is 2.36 bits per heavy atom.